The highest BCUT2D eigenvalue weighted by atomic mass is 79.9. The molecular weight excluding hydrogens is 208 g/mol. The Bertz CT molecular complexity index is 92.1. The molecule has 2 nitrogen and oxygen atoms in total. The molecule has 1 heterocycles. The summed E-state index contributed by atoms with van der Waals surface area (Å²) in [6, 6.07) is 0. The second-order valence-electron chi connectivity index (χ2n) is 2.75. The van der Waals surface area contributed by atoms with Crippen LogP contribution in [0.3, 0.4) is 0 Å². The van der Waals surface area contributed by atoms with E-state index in [4.69, 9.17) is 9.47 Å². The van der Waals surface area contributed by atoms with Crippen LogP contribution in [0.1, 0.15) is 19.3 Å². The molecule has 66 valence electrons. The van der Waals surface area contributed by atoms with Crippen molar-refractivity contribution < 1.29 is 9.47 Å². The van der Waals surface area contributed by atoms with Gasteiger partial charge in [-0.05, 0) is 19.3 Å². The van der Waals surface area contributed by atoms with E-state index in [0.29, 0.717) is 6.10 Å². The van der Waals surface area contributed by atoms with Crippen molar-refractivity contribution in [2.75, 3.05) is 25.2 Å². The minimum atomic E-state index is 0.364. The molecule has 1 rings (SSSR count). The highest BCUT2D eigenvalue weighted by molar-refractivity contribution is 9.09. The van der Waals surface area contributed by atoms with Crippen molar-refractivity contribution in [1.82, 2.24) is 0 Å². The molecule has 3 heteroatoms. The minimum Gasteiger partial charge on any atom is -0.378 e. The van der Waals surface area contributed by atoms with Gasteiger partial charge in [0.2, 0.25) is 0 Å². The van der Waals surface area contributed by atoms with Crippen LogP contribution in [0.15, 0.2) is 0 Å². The van der Waals surface area contributed by atoms with Gasteiger partial charge in [-0.3, -0.25) is 0 Å². The normalized spacial score (nSPS) is 25.4. The smallest absolute Gasteiger partial charge is 0.0808 e. The maximum absolute atomic E-state index is 5.48. The molecule has 0 unspecified atom stereocenters. The number of halogens is 1. The molecule has 0 spiro atoms. The lowest BCUT2D eigenvalue weighted by Crippen LogP contribution is -2.24. The SMILES string of the molecule is BrCCOC[C@H]1CCCCO1. The van der Waals surface area contributed by atoms with E-state index in [-0.39, 0.29) is 0 Å². The van der Waals surface area contributed by atoms with Gasteiger partial charge in [0.25, 0.3) is 0 Å². The van der Waals surface area contributed by atoms with Crippen molar-refractivity contribution in [1.29, 1.82) is 0 Å². The van der Waals surface area contributed by atoms with Gasteiger partial charge in [-0.1, -0.05) is 15.9 Å². The van der Waals surface area contributed by atoms with Gasteiger partial charge in [0.15, 0.2) is 0 Å². The van der Waals surface area contributed by atoms with Crippen molar-refractivity contribution in [3.63, 3.8) is 0 Å². The Balaban J connectivity index is 1.96. The average Bonchev–Trinajstić information content (AvgIpc) is 2.07. The molecule has 0 aliphatic carbocycles. The molecular formula is C8H15BrO2. The van der Waals surface area contributed by atoms with Crippen molar-refractivity contribution in [3.8, 4) is 0 Å². The number of rotatable bonds is 4. The molecule has 1 aliphatic heterocycles. The molecule has 0 aromatic heterocycles. The molecule has 1 fully saturated rings. The fraction of sp³-hybridized carbons (Fsp3) is 1.00. The Kier molecular flexibility index (Phi) is 5.15. The van der Waals surface area contributed by atoms with E-state index < -0.39 is 0 Å². The van der Waals surface area contributed by atoms with Gasteiger partial charge in [-0.25, -0.2) is 0 Å². The van der Waals surface area contributed by atoms with Gasteiger partial charge >= 0.3 is 0 Å². The lowest BCUT2D eigenvalue weighted by atomic mass is 10.1. The number of hydrogen-bond donors (Lipinski definition) is 0. The summed E-state index contributed by atoms with van der Waals surface area (Å²) in [6.07, 6.45) is 4.04. The second-order valence-corrected chi connectivity index (χ2v) is 3.55. The summed E-state index contributed by atoms with van der Waals surface area (Å²) in [5, 5.41) is 0.916. The fourth-order valence-electron chi connectivity index (χ4n) is 1.21. The predicted molar refractivity (Wildman–Crippen MR) is 48.2 cm³/mol. The Labute approximate surface area is 76.4 Å². The molecule has 0 N–H and O–H groups in total. The van der Waals surface area contributed by atoms with Crippen LogP contribution in [-0.4, -0.2) is 31.3 Å². The van der Waals surface area contributed by atoms with Crippen molar-refractivity contribution in [3.05, 3.63) is 0 Å². The van der Waals surface area contributed by atoms with Crippen LogP contribution < -0.4 is 0 Å². The maximum atomic E-state index is 5.48. The van der Waals surface area contributed by atoms with E-state index in [1.165, 1.54) is 19.3 Å². The first-order chi connectivity index (χ1) is 5.43. The third-order valence-electron chi connectivity index (χ3n) is 1.80. The summed E-state index contributed by atoms with van der Waals surface area (Å²) in [6.45, 7) is 2.48. The summed E-state index contributed by atoms with van der Waals surface area (Å²) in [5.74, 6) is 0. The monoisotopic (exact) mass is 222 g/mol. The van der Waals surface area contributed by atoms with Crippen LogP contribution in [0, 0.1) is 0 Å². The quantitative estimate of drug-likeness (QED) is 0.535. The first-order valence-electron chi connectivity index (χ1n) is 4.19. The van der Waals surface area contributed by atoms with Crippen molar-refractivity contribution >= 4 is 15.9 Å². The van der Waals surface area contributed by atoms with Gasteiger partial charge in [-0.15, -0.1) is 0 Å². The second kappa shape index (κ2) is 5.98. The van der Waals surface area contributed by atoms with Crippen LogP contribution >= 0.6 is 15.9 Å². The van der Waals surface area contributed by atoms with E-state index in [1.807, 2.05) is 0 Å². The lowest BCUT2D eigenvalue weighted by Gasteiger charge is -2.21. The molecule has 0 aromatic carbocycles. The first kappa shape index (κ1) is 9.49. The largest absolute Gasteiger partial charge is 0.378 e. The topological polar surface area (TPSA) is 18.5 Å². The van der Waals surface area contributed by atoms with Gasteiger partial charge < -0.3 is 9.47 Å². The van der Waals surface area contributed by atoms with Crippen LogP contribution in [0.4, 0.5) is 0 Å². The number of hydrogen-bond acceptors (Lipinski definition) is 2. The van der Waals surface area contributed by atoms with E-state index in [0.717, 1.165) is 25.2 Å². The molecule has 11 heavy (non-hydrogen) atoms. The highest BCUT2D eigenvalue weighted by Crippen LogP contribution is 2.12. The summed E-state index contributed by atoms with van der Waals surface area (Å²) in [5.41, 5.74) is 0. The first-order valence-corrected chi connectivity index (χ1v) is 5.31. The Morgan fingerprint density at radius 1 is 1.45 bits per heavy atom. The van der Waals surface area contributed by atoms with E-state index in [1.54, 1.807) is 0 Å². The van der Waals surface area contributed by atoms with Crippen molar-refractivity contribution in [2.24, 2.45) is 0 Å². The molecule has 1 atom stereocenters. The molecule has 0 bridgehead atoms. The van der Waals surface area contributed by atoms with Gasteiger partial charge in [0, 0.05) is 11.9 Å². The summed E-state index contributed by atoms with van der Waals surface area (Å²) in [7, 11) is 0. The van der Waals surface area contributed by atoms with Crippen LogP contribution in [0.2, 0.25) is 0 Å². The van der Waals surface area contributed by atoms with E-state index >= 15 is 0 Å². The van der Waals surface area contributed by atoms with Crippen molar-refractivity contribution in [2.45, 2.75) is 25.4 Å². The molecule has 1 aliphatic rings. The predicted octanol–water partition coefficient (Wildman–Crippen LogP) is 1.97. The Morgan fingerprint density at radius 3 is 3.00 bits per heavy atom. The third-order valence-corrected chi connectivity index (χ3v) is 2.12. The molecule has 0 saturated carbocycles. The van der Waals surface area contributed by atoms with Gasteiger partial charge in [-0.2, -0.15) is 0 Å². The van der Waals surface area contributed by atoms with E-state index in [9.17, 15) is 0 Å². The molecule has 0 aromatic rings. The fourth-order valence-corrected chi connectivity index (χ4v) is 1.44. The zero-order valence-corrected chi connectivity index (χ0v) is 8.31. The van der Waals surface area contributed by atoms with Crippen LogP contribution in [0.25, 0.3) is 0 Å². The molecule has 0 radical (unpaired) electrons. The highest BCUT2D eigenvalue weighted by Gasteiger charge is 2.12. The number of ether oxygens (including phenoxy) is 2. The summed E-state index contributed by atoms with van der Waals surface area (Å²) >= 11 is 3.31. The standard InChI is InChI=1S/C8H15BrO2/c9-4-6-10-7-8-3-1-2-5-11-8/h8H,1-7H2/t8-/m1/s1. The molecule has 1 saturated heterocycles. The molecule has 0 amide bonds. The zero-order chi connectivity index (χ0) is 7.94. The third kappa shape index (κ3) is 4.09. The summed E-state index contributed by atoms with van der Waals surface area (Å²) < 4.78 is 10.8. The lowest BCUT2D eigenvalue weighted by molar-refractivity contribution is -0.0375. The van der Waals surface area contributed by atoms with Gasteiger partial charge in [0.1, 0.15) is 0 Å². The number of alkyl halides is 1. The zero-order valence-electron chi connectivity index (χ0n) is 6.72. The maximum Gasteiger partial charge on any atom is 0.0808 e. The minimum absolute atomic E-state index is 0.364. The van der Waals surface area contributed by atoms with E-state index in [2.05, 4.69) is 15.9 Å². The Hall–Kier alpha value is 0.400. The van der Waals surface area contributed by atoms with Gasteiger partial charge in [0.05, 0.1) is 19.3 Å². The van der Waals surface area contributed by atoms with Crippen LogP contribution in [-0.2, 0) is 9.47 Å². The van der Waals surface area contributed by atoms with Crippen LogP contribution in [0.5, 0.6) is 0 Å². The summed E-state index contributed by atoms with van der Waals surface area (Å²) in [4.78, 5) is 0. The Morgan fingerprint density at radius 2 is 2.36 bits per heavy atom. The average molecular weight is 223 g/mol.